The minimum absolute atomic E-state index is 0.00847. The lowest BCUT2D eigenvalue weighted by Gasteiger charge is -2.40. The van der Waals surface area contributed by atoms with Crippen molar-refractivity contribution in [1.29, 1.82) is 0 Å². The van der Waals surface area contributed by atoms with Crippen molar-refractivity contribution in [3.63, 3.8) is 0 Å². The van der Waals surface area contributed by atoms with E-state index >= 15 is 0 Å². The summed E-state index contributed by atoms with van der Waals surface area (Å²) < 4.78 is 6.84. The number of amides is 2. The molecule has 2 aromatic rings. The molecule has 2 amide bonds. The summed E-state index contributed by atoms with van der Waals surface area (Å²) in [6.45, 7) is 6.97. The fraction of sp³-hybridized carbons (Fsp3) is 0.560. The van der Waals surface area contributed by atoms with Gasteiger partial charge in [-0.15, -0.1) is 11.8 Å². The molecule has 11 heteroatoms. The average molecular weight is 551 g/mol. The van der Waals surface area contributed by atoms with Crippen LogP contribution in [0.2, 0.25) is 0 Å². The minimum Gasteiger partial charge on any atom is -0.381 e. The second-order valence-corrected chi connectivity index (χ2v) is 12.8. The number of hydrogen-bond acceptors (Lipinski definition) is 9. The highest BCUT2D eigenvalue weighted by Crippen LogP contribution is 2.43. The summed E-state index contributed by atoms with van der Waals surface area (Å²) in [4.78, 5) is 33.6. The molecule has 8 nitrogen and oxygen atoms in total. The molecule has 1 saturated carbocycles. The zero-order valence-corrected chi connectivity index (χ0v) is 23.3. The molecule has 0 radical (unpaired) electrons. The number of ether oxygens (including phenoxy) is 1. The smallest absolute Gasteiger partial charge is 0.246 e. The van der Waals surface area contributed by atoms with Crippen LogP contribution in [0, 0.1) is 11.8 Å². The first-order valence-electron chi connectivity index (χ1n) is 12.1. The normalized spacial score (nSPS) is 27.0. The van der Waals surface area contributed by atoms with Gasteiger partial charge in [-0.3, -0.25) is 9.59 Å². The zero-order valence-electron chi connectivity index (χ0n) is 20.8. The van der Waals surface area contributed by atoms with Gasteiger partial charge in [0.15, 0.2) is 11.4 Å². The number of hydrogen-bond donors (Lipinski definition) is 2. The van der Waals surface area contributed by atoms with Crippen molar-refractivity contribution in [2.24, 2.45) is 11.8 Å². The first kappa shape index (κ1) is 27.1. The third kappa shape index (κ3) is 6.13. The fourth-order valence-corrected chi connectivity index (χ4v) is 8.10. The van der Waals surface area contributed by atoms with Gasteiger partial charge in [0.2, 0.25) is 11.8 Å². The van der Waals surface area contributed by atoms with Gasteiger partial charge in [-0.2, -0.15) is 11.3 Å². The molecule has 2 N–H and O–H groups in total. The van der Waals surface area contributed by atoms with Crippen LogP contribution in [0.3, 0.4) is 0 Å². The highest BCUT2D eigenvalue weighted by atomic mass is 32.2. The lowest BCUT2D eigenvalue weighted by molar-refractivity contribution is -0.143. The number of carbonyl (C=O) groups is 2. The van der Waals surface area contributed by atoms with E-state index in [4.69, 9.17) is 4.74 Å². The number of nitrogens with one attached hydrogen (secondary N) is 1. The second kappa shape index (κ2) is 12.1. The molecule has 0 bridgehead atoms. The van der Waals surface area contributed by atoms with Gasteiger partial charge in [-0.05, 0) is 48.1 Å². The molecule has 0 aromatic carbocycles. The molecule has 0 spiro atoms. The highest BCUT2D eigenvalue weighted by Gasteiger charge is 2.42. The van der Waals surface area contributed by atoms with Gasteiger partial charge in [0.1, 0.15) is 0 Å². The second-order valence-electron chi connectivity index (χ2n) is 9.45. The number of nitrogens with zero attached hydrogens (tertiary/aromatic N) is 3. The summed E-state index contributed by atoms with van der Waals surface area (Å²) in [6, 6.07) is 1.89. The topological polar surface area (TPSA) is 95.0 Å². The molecule has 6 atom stereocenters. The lowest BCUT2D eigenvalue weighted by atomic mass is 9.79. The minimum atomic E-state index is -0.790. The Labute approximate surface area is 224 Å². The van der Waals surface area contributed by atoms with Crippen LogP contribution in [0.4, 0.5) is 5.13 Å². The Morgan fingerprint density at radius 2 is 2.25 bits per heavy atom. The van der Waals surface area contributed by atoms with E-state index in [-0.39, 0.29) is 35.1 Å². The number of thiazole rings is 1. The SMILES string of the molecule is C=CC(=O)N1CC[C@@H](N(C)C(=O)C2CC(Sc3cnc(NC(O)c4ccsc4)s3)C(C)CC2OC)C1. The maximum atomic E-state index is 13.6. The van der Waals surface area contributed by atoms with E-state index in [1.165, 1.54) is 17.4 Å². The van der Waals surface area contributed by atoms with Crippen molar-refractivity contribution in [3.05, 3.63) is 41.2 Å². The Bertz CT molecular complexity index is 1050. The average Bonchev–Trinajstić information content (AvgIpc) is 3.66. The standard InChI is InChI=1S/C25H34N4O4S3/c1-5-21(30)29-8-6-17(13-29)28(3)24(32)18-11-20(15(2)10-19(18)33-4)35-22-12-26-25(36-22)27-23(31)16-7-9-34-14-16/h5,7,9,12,14-15,17-20,23,31H,1,6,8,10-11,13H2,2-4H3,(H,26,27)/t15?,17-,18?,19?,20?,23?/m1/s1. The van der Waals surface area contributed by atoms with E-state index in [1.807, 2.05) is 35.0 Å². The van der Waals surface area contributed by atoms with E-state index in [0.717, 1.165) is 22.6 Å². The van der Waals surface area contributed by atoms with Crippen LogP contribution in [-0.4, -0.2) is 76.3 Å². The number of carbonyl (C=O) groups excluding carboxylic acids is 2. The summed E-state index contributed by atoms with van der Waals surface area (Å²) in [5.41, 5.74) is 0.820. The number of likely N-dealkylation sites (tertiary alicyclic amines) is 1. The number of anilines is 1. The Balaban J connectivity index is 1.39. The van der Waals surface area contributed by atoms with E-state index in [1.54, 1.807) is 35.1 Å². The highest BCUT2D eigenvalue weighted by molar-refractivity contribution is 8.01. The van der Waals surface area contributed by atoms with Crippen molar-refractivity contribution in [2.75, 3.05) is 32.6 Å². The Hall–Kier alpha value is -1.92. The van der Waals surface area contributed by atoms with Crippen LogP contribution in [0.15, 0.2) is 39.9 Å². The zero-order chi connectivity index (χ0) is 25.8. The maximum absolute atomic E-state index is 13.6. The van der Waals surface area contributed by atoms with E-state index in [9.17, 15) is 14.7 Å². The molecule has 2 fully saturated rings. The van der Waals surface area contributed by atoms with Gasteiger partial charge in [0, 0.05) is 38.1 Å². The molecule has 1 saturated heterocycles. The molecule has 196 valence electrons. The summed E-state index contributed by atoms with van der Waals surface area (Å²) in [7, 11) is 3.53. The Morgan fingerprint density at radius 1 is 1.44 bits per heavy atom. The monoisotopic (exact) mass is 550 g/mol. The number of aliphatic hydroxyl groups is 1. The number of thiophene rings is 1. The van der Waals surface area contributed by atoms with E-state index in [2.05, 4.69) is 23.8 Å². The van der Waals surface area contributed by atoms with Gasteiger partial charge in [0.25, 0.3) is 0 Å². The quantitative estimate of drug-likeness (QED) is 0.359. The molecule has 3 heterocycles. The number of likely N-dealkylation sites (N-methyl/N-ethyl adjacent to an activating group) is 1. The largest absolute Gasteiger partial charge is 0.381 e. The summed E-state index contributed by atoms with van der Waals surface area (Å²) in [6.07, 6.45) is 4.55. The number of methoxy groups -OCH3 is 1. The first-order valence-corrected chi connectivity index (χ1v) is 14.7. The molecule has 2 aromatic heterocycles. The van der Waals surface area contributed by atoms with Crippen LogP contribution >= 0.6 is 34.4 Å². The third-order valence-corrected chi connectivity index (χ3v) is 10.5. The summed E-state index contributed by atoms with van der Waals surface area (Å²) >= 11 is 4.80. The number of aromatic nitrogens is 1. The van der Waals surface area contributed by atoms with Gasteiger partial charge < -0.3 is 25.0 Å². The van der Waals surface area contributed by atoms with Crippen LogP contribution < -0.4 is 5.32 Å². The number of rotatable bonds is 9. The summed E-state index contributed by atoms with van der Waals surface area (Å²) in [5.74, 6) is 0.139. The van der Waals surface area contributed by atoms with Gasteiger partial charge >= 0.3 is 0 Å². The fourth-order valence-electron chi connectivity index (χ4n) is 4.99. The predicted octanol–water partition coefficient (Wildman–Crippen LogP) is 4.07. The van der Waals surface area contributed by atoms with Gasteiger partial charge in [-0.1, -0.05) is 24.8 Å². The van der Waals surface area contributed by atoms with Crippen LogP contribution in [0.5, 0.6) is 0 Å². The Kier molecular flexibility index (Phi) is 9.10. The molecule has 36 heavy (non-hydrogen) atoms. The Morgan fingerprint density at radius 3 is 2.94 bits per heavy atom. The molecular weight excluding hydrogens is 517 g/mol. The van der Waals surface area contributed by atoms with Crippen LogP contribution in [0.25, 0.3) is 0 Å². The van der Waals surface area contributed by atoms with Crippen LogP contribution in [0.1, 0.15) is 38.0 Å². The lowest BCUT2D eigenvalue weighted by Crippen LogP contribution is -2.49. The van der Waals surface area contributed by atoms with Gasteiger partial charge in [-0.25, -0.2) is 4.98 Å². The van der Waals surface area contributed by atoms with Crippen molar-refractivity contribution < 1.29 is 19.4 Å². The third-order valence-electron chi connectivity index (χ3n) is 7.21. The molecule has 5 unspecified atom stereocenters. The van der Waals surface area contributed by atoms with Crippen LogP contribution in [-0.2, 0) is 14.3 Å². The van der Waals surface area contributed by atoms with E-state index < -0.39 is 6.23 Å². The number of thioether (sulfide) groups is 1. The molecule has 2 aliphatic rings. The molecule has 4 rings (SSSR count). The predicted molar refractivity (Wildman–Crippen MR) is 145 cm³/mol. The first-order chi connectivity index (χ1) is 17.3. The van der Waals surface area contributed by atoms with Crippen molar-refractivity contribution in [3.8, 4) is 0 Å². The molecule has 1 aliphatic carbocycles. The van der Waals surface area contributed by atoms with Crippen molar-refractivity contribution in [2.45, 2.75) is 54.0 Å². The number of aliphatic hydroxyl groups excluding tert-OH is 1. The molecule has 1 aliphatic heterocycles. The van der Waals surface area contributed by atoms with Crippen molar-refractivity contribution >= 4 is 51.4 Å². The maximum Gasteiger partial charge on any atom is 0.246 e. The summed E-state index contributed by atoms with van der Waals surface area (Å²) in [5, 5.41) is 18.2. The van der Waals surface area contributed by atoms with Gasteiger partial charge in [0.05, 0.1) is 28.5 Å². The van der Waals surface area contributed by atoms with E-state index in [0.29, 0.717) is 30.6 Å². The van der Waals surface area contributed by atoms with Crippen molar-refractivity contribution in [1.82, 2.24) is 14.8 Å². The molecular formula is C25H34N4O4S3.